The number of carbonyl (C=O) groups is 2. The van der Waals surface area contributed by atoms with E-state index in [1.807, 2.05) is 48.7 Å². The molecular weight excluding hydrogens is 406 g/mol. The number of hydrogen-bond donors (Lipinski definition) is 2. The van der Waals surface area contributed by atoms with Crippen LogP contribution in [0.4, 0.5) is 11.4 Å². The number of aryl methyl sites for hydroxylation is 1. The smallest absolute Gasteiger partial charge is 0.263 e. The van der Waals surface area contributed by atoms with Gasteiger partial charge in [-0.05, 0) is 55.8 Å². The Morgan fingerprint density at radius 2 is 1.56 bits per heavy atom. The molecule has 0 atom stereocenters. The molecule has 8 heteroatoms. The number of rotatable bonds is 5. The maximum atomic E-state index is 13.2. The normalized spacial score (nSPS) is 10.8. The maximum Gasteiger partial charge on any atom is 0.263 e. The first-order chi connectivity index (χ1) is 15.3. The van der Waals surface area contributed by atoms with Crippen molar-refractivity contribution in [2.24, 2.45) is 0 Å². The second kappa shape index (κ2) is 8.50. The third-order valence-electron chi connectivity index (χ3n) is 5.30. The molecule has 2 aromatic carbocycles. The Bertz CT molecular complexity index is 1370. The predicted molar refractivity (Wildman–Crippen MR) is 124 cm³/mol. The van der Waals surface area contributed by atoms with Crippen LogP contribution in [0.15, 0.2) is 65.7 Å². The van der Waals surface area contributed by atoms with Crippen molar-refractivity contribution < 1.29 is 9.59 Å². The molecule has 0 aliphatic rings. The van der Waals surface area contributed by atoms with Crippen molar-refractivity contribution in [3.05, 3.63) is 82.5 Å². The lowest BCUT2D eigenvalue weighted by molar-refractivity contribution is -0.117. The maximum absolute atomic E-state index is 13.2. The van der Waals surface area contributed by atoms with Gasteiger partial charge >= 0.3 is 0 Å². The van der Waals surface area contributed by atoms with E-state index in [9.17, 15) is 14.4 Å². The number of aromatic nitrogens is 3. The van der Waals surface area contributed by atoms with Crippen LogP contribution in [0.2, 0.25) is 0 Å². The summed E-state index contributed by atoms with van der Waals surface area (Å²) < 4.78 is 3.26. The molecule has 0 fully saturated rings. The number of carbonyl (C=O) groups excluding carboxylic acids is 2. The Morgan fingerprint density at radius 1 is 0.938 bits per heavy atom. The van der Waals surface area contributed by atoms with Crippen LogP contribution in [-0.2, 0) is 16.1 Å². The molecular formula is C24H23N5O3. The summed E-state index contributed by atoms with van der Waals surface area (Å²) >= 11 is 0. The SMILES string of the molecule is CC(=O)Nc1ccc(NC(=O)Cn2cnc3c(c(C)c(C)n3-c3ccccc3)c2=O)cc1. The van der Waals surface area contributed by atoms with Gasteiger partial charge in [-0.15, -0.1) is 0 Å². The van der Waals surface area contributed by atoms with E-state index in [1.165, 1.54) is 17.8 Å². The predicted octanol–water partition coefficient (Wildman–Crippen LogP) is 3.40. The van der Waals surface area contributed by atoms with E-state index in [1.54, 1.807) is 24.3 Å². The molecule has 0 saturated carbocycles. The van der Waals surface area contributed by atoms with Crippen molar-refractivity contribution in [3.8, 4) is 5.69 Å². The van der Waals surface area contributed by atoms with Gasteiger partial charge in [0.2, 0.25) is 11.8 Å². The first-order valence-electron chi connectivity index (χ1n) is 10.1. The lowest BCUT2D eigenvalue weighted by Crippen LogP contribution is -2.28. The van der Waals surface area contributed by atoms with Crippen LogP contribution in [-0.4, -0.2) is 25.9 Å². The fourth-order valence-electron chi connectivity index (χ4n) is 3.69. The molecule has 0 radical (unpaired) electrons. The highest BCUT2D eigenvalue weighted by atomic mass is 16.2. The first-order valence-corrected chi connectivity index (χ1v) is 10.1. The second-order valence-electron chi connectivity index (χ2n) is 7.56. The summed E-state index contributed by atoms with van der Waals surface area (Å²) in [5.41, 5.74) is 4.20. The quantitative estimate of drug-likeness (QED) is 0.508. The van der Waals surface area contributed by atoms with E-state index in [4.69, 9.17) is 0 Å². The minimum atomic E-state index is -0.350. The minimum Gasteiger partial charge on any atom is -0.326 e. The van der Waals surface area contributed by atoms with E-state index in [0.717, 1.165) is 16.9 Å². The molecule has 0 spiro atoms. The van der Waals surface area contributed by atoms with Crippen LogP contribution >= 0.6 is 0 Å². The molecule has 2 heterocycles. The van der Waals surface area contributed by atoms with Gasteiger partial charge in [0.05, 0.1) is 5.39 Å². The zero-order valence-electron chi connectivity index (χ0n) is 18.0. The van der Waals surface area contributed by atoms with Crippen LogP contribution in [0, 0.1) is 13.8 Å². The number of para-hydroxylation sites is 1. The Balaban J connectivity index is 1.60. The van der Waals surface area contributed by atoms with Gasteiger partial charge in [-0.3, -0.25) is 23.5 Å². The van der Waals surface area contributed by atoms with E-state index < -0.39 is 0 Å². The summed E-state index contributed by atoms with van der Waals surface area (Å²) in [5.74, 6) is -0.520. The number of hydrogen-bond acceptors (Lipinski definition) is 4. The highest BCUT2D eigenvalue weighted by Crippen LogP contribution is 2.24. The lowest BCUT2D eigenvalue weighted by atomic mass is 10.2. The largest absolute Gasteiger partial charge is 0.326 e. The molecule has 32 heavy (non-hydrogen) atoms. The van der Waals surface area contributed by atoms with E-state index in [2.05, 4.69) is 15.6 Å². The monoisotopic (exact) mass is 429 g/mol. The lowest BCUT2D eigenvalue weighted by Gasteiger charge is -2.09. The molecule has 0 aliphatic carbocycles. The summed E-state index contributed by atoms with van der Waals surface area (Å²) in [6.45, 7) is 5.10. The molecule has 2 N–H and O–H groups in total. The van der Waals surface area contributed by atoms with Crippen molar-refractivity contribution in [3.63, 3.8) is 0 Å². The van der Waals surface area contributed by atoms with Gasteiger partial charge in [0.25, 0.3) is 5.56 Å². The molecule has 8 nitrogen and oxygen atoms in total. The van der Waals surface area contributed by atoms with E-state index in [0.29, 0.717) is 22.4 Å². The van der Waals surface area contributed by atoms with Gasteiger partial charge < -0.3 is 10.6 Å². The summed E-state index contributed by atoms with van der Waals surface area (Å²) in [6.07, 6.45) is 1.41. The van der Waals surface area contributed by atoms with Gasteiger partial charge in [0, 0.05) is 29.7 Å². The first kappa shape index (κ1) is 21.0. The molecule has 2 aromatic heterocycles. The number of anilines is 2. The molecule has 0 saturated heterocycles. The van der Waals surface area contributed by atoms with Crippen molar-refractivity contribution >= 4 is 34.2 Å². The van der Waals surface area contributed by atoms with Crippen LogP contribution in [0.25, 0.3) is 16.7 Å². The molecule has 2 amide bonds. The van der Waals surface area contributed by atoms with E-state index in [-0.39, 0.29) is 23.9 Å². The summed E-state index contributed by atoms with van der Waals surface area (Å²) in [4.78, 5) is 41.3. The summed E-state index contributed by atoms with van der Waals surface area (Å²) in [5, 5.41) is 5.93. The number of amides is 2. The van der Waals surface area contributed by atoms with Crippen molar-refractivity contribution in [2.75, 3.05) is 10.6 Å². The van der Waals surface area contributed by atoms with Crippen LogP contribution in [0.1, 0.15) is 18.2 Å². The molecule has 0 aliphatic heterocycles. The van der Waals surface area contributed by atoms with Crippen LogP contribution in [0.3, 0.4) is 0 Å². The molecule has 4 aromatic rings. The Kier molecular flexibility index (Phi) is 5.59. The fourth-order valence-corrected chi connectivity index (χ4v) is 3.69. The van der Waals surface area contributed by atoms with Gasteiger partial charge in [0.1, 0.15) is 12.9 Å². The van der Waals surface area contributed by atoms with Crippen molar-refractivity contribution in [1.29, 1.82) is 0 Å². The van der Waals surface area contributed by atoms with E-state index >= 15 is 0 Å². The molecule has 0 unspecified atom stereocenters. The second-order valence-corrected chi connectivity index (χ2v) is 7.56. The van der Waals surface area contributed by atoms with Gasteiger partial charge in [-0.1, -0.05) is 18.2 Å². The highest BCUT2D eigenvalue weighted by Gasteiger charge is 2.18. The van der Waals surface area contributed by atoms with Crippen molar-refractivity contribution in [2.45, 2.75) is 27.3 Å². The third kappa shape index (κ3) is 4.02. The molecule has 162 valence electrons. The Morgan fingerprint density at radius 3 is 2.19 bits per heavy atom. The average molecular weight is 429 g/mol. The van der Waals surface area contributed by atoms with Gasteiger partial charge in [0.15, 0.2) is 5.65 Å². The Labute approximate surface area is 184 Å². The number of fused-ring (bicyclic) bond motifs is 1. The van der Waals surface area contributed by atoms with Crippen molar-refractivity contribution in [1.82, 2.24) is 14.1 Å². The standard InChI is InChI=1S/C24H23N5O3/c1-15-16(2)29(20-7-5-4-6-8-20)23-22(15)24(32)28(14-25-23)13-21(31)27-19-11-9-18(10-12-19)26-17(3)30/h4-12,14H,13H2,1-3H3,(H,26,30)(H,27,31). The zero-order chi connectivity index (χ0) is 22.8. The fraction of sp³-hybridized carbons (Fsp3) is 0.167. The molecule has 0 bridgehead atoms. The number of nitrogens with one attached hydrogen (secondary N) is 2. The number of nitrogens with zero attached hydrogens (tertiary/aromatic N) is 3. The molecule has 4 rings (SSSR count). The van der Waals surface area contributed by atoms with Crippen LogP contribution < -0.4 is 16.2 Å². The minimum absolute atomic E-state index is 0.162. The van der Waals surface area contributed by atoms with Crippen LogP contribution in [0.5, 0.6) is 0 Å². The Hall–Kier alpha value is -4.20. The zero-order valence-corrected chi connectivity index (χ0v) is 18.0. The average Bonchev–Trinajstić information content (AvgIpc) is 3.02. The highest BCUT2D eigenvalue weighted by molar-refractivity contribution is 5.92. The van der Waals surface area contributed by atoms with Gasteiger partial charge in [-0.25, -0.2) is 4.98 Å². The summed E-state index contributed by atoms with van der Waals surface area (Å²) in [7, 11) is 0. The number of benzene rings is 2. The summed E-state index contributed by atoms with van der Waals surface area (Å²) in [6, 6.07) is 16.5. The van der Waals surface area contributed by atoms with Gasteiger partial charge in [-0.2, -0.15) is 0 Å². The third-order valence-corrected chi connectivity index (χ3v) is 5.30. The topological polar surface area (TPSA) is 98.0 Å².